The molecule has 0 N–H and O–H groups in total. The number of ketones is 1. The number of carbonyl (C=O) groups excluding carboxylic acids is 1. The number of halogens is 4. The van der Waals surface area contributed by atoms with Gasteiger partial charge in [0.25, 0.3) is 5.19 Å². The highest BCUT2D eigenvalue weighted by molar-refractivity contribution is 7.13. The molecule has 4 rings (SSSR count). The van der Waals surface area contributed by atoms with E-state index in [4.69, 9.17) is 9.15 Å². The number of aryl methyl sites for hydroxylation is 1. The average Bonchev–Trinajstić information content (AvgIpc) is 3.33. The minimum absolute atomic E-state index is 0.0441. The summed E-state index contributed by atoms with van der Waals surface area (Å²) in [5.74, 6) is 0.992. The van der Waals surface area contributed by atoms with Crippen LogP contribution in [-0.4, -0.2) is 64.0 Å². The third-order valence-electron chi connectivity index (χ3n) is 6.75. The Bertz CT molecular complexity index is 976. The summed E-state index contributed by atoms with van der Waals surface area (Å²) < 4.78 is 62.6. The van der Waals surface area contributed by atoms with E-state index in [1.807, 2.05) is 0 Å². The largest absolute Gasteiger partial charge is 0.460 e. The fourth-order valence-corrected chi connectivity index (χ4v) is 5.74. The van der Waals surface area contributed by atoms with Crippen molar-refractivity contribution >= 4 is 17.1 Å². The zero-order chi connectivity index (χ0) is 25.1. The molecule has 12 heteroatoms. The highest BCUT2D eigenvalue weighted by Crippen LogP contribution is 2.39. The fraction of sp³-hybridized carbons (Fsp3) is 0.739. The summed E-state index contributed by atoms with van der Waals surface area (Å²) in [5, 5.41) is 7.65. The second kappa shape index (κ2) is 10.9. The topological polar surface area (TPSA) is 81.4 Å². The van der Waals surface area contributed by atoms with Crippen LogP contribution in [0.5, 0.6) is 5.19 Å². The lowest BCUT2D eigenvalue weighted by Gasteiger charge is -2.35. The Labute approximate surface area is 205 Å². The number of fused-ring (bicyclic) bond motifs is 1. The zero-order valence-electron chi connectivity index (χ0n) is 19.7. The Morgan fingerprint density at radius 2 is 1.97 bits per heavy atom. The molecule has 0 amide bonds. The standard InChI is InChI=1S/C23H30F4N4O3S/c1-15-29-30-20(34-15)13-17(32)12-16-2-6-22(24,7-3-16)8-11-31-9-4-18-19(5-10-31)35-21(28-18)33-14-23(25,26)27/h16H,2-14H2,1H3. The molecular formula is C23H30F4N4O3S. The van der Waals surface area contributed by atoms with Crippen molar-refractivity contribution in [1.29, 1.82) is 0 Å². The lowest BCUT2D eigenvalue weighted by molar-refractivity contribution is -0.153. The molecule has 0 aromatic carbocycles. The molecule has 7 nitrogen and oxygen atoms in total. The first-order valence-electron chi connectivity index (χ1n) is 12.0. The number of nitrogens with zero attached hydrogens (tertiary/aromatic N) is 4. The van der Waals surface area contributed by atoms with Crippen LogP contribution in [-0.2, 0) is 24.1 Å². The number of alkyl halides is 4. The average molecular weight is 519 g/mol. The Balaban J connectivity index is 1.17. The summed E-state index contributed by atoms with van der Waals surface area (Å²) in [4.78, 5) is 19.7. The van der Waals surface area contributed by atoms with Crippen molar-refractivity contribution < 1.29 is 31.5 Å². The van der Waals surface area contributed by atoms with E-state index in [-0.39, 0.29) is 23.3 Å². The minimum atomic E-state index is -4.38. The van der Waals surface area contributed by atoms with Gasteiger partial charge in [0.1, 0.15) is 11.5 Å². The van der Waals surface area contributed by atoms with Crippen molar-refractivity contribution in [2.75, 3.05) is 26.2 Å². The van der Waals surface area contributed by atoms with Crippen LogP contribution < -0.4 is 4.74 Å². The van der Waals surface area contributed by atoms with Gasteiger partial charge in [0.2, 0.25) is 11.8 Å². The lowest BCUT2D eigenvalue weighted by atomic mass is 9.76. The monoisotopic (exact) mass is 518 g/mol. The summed E-state index contributed by atoms with van der Waals surface area (Å²) in [6.07, 6.45) is 0.161. The van der Waals surface area contributed by atoms with Gasteiger partial charge in [-0.3, -0.25) is 4.79 Å². The summed E-state index contributed by atoms with van der Waals surface area (Å²) in [6.45, 7) is 2.38. The van der Waals surface area contributed by atoms with E-state index in [0.717, 1.165) is 17.1 Å². The molecule has 3 heterocycles. The van der Waals surface area contributed by atoms with Gasteiger partial charge in [0.05, 0.1) is 12.1 Å². The summed E-state index contributed by atoms with van der Waals surface area (Å²) in [6, 6.07) is 0. The highest BCUT2D eigenvalue weighted by atomic mass is 32.1. The molecule has 1 aliphatic heterocycles. The number of Topliss-reactive ketones (excluding diaryl/α,β-unsaturated/α-hetero) is 1. The van der Waals surface area contributed by atoms with Crippen molar-refractivity contribution in [2.24, 2.45) is 5.92 Å². The molecule has 0 spiro atoms. The Kier molecular flexibility index (Phi) is 8.09. The first-order chi connectivity index (χ1) is 16.6. The van der Waals surface area contributed by atoms with Gasteiger partial charge in [0.15, 0.2) is 6.61 Å². The molecule has 0 radical (unpaired) electrons. The van der Waals surface area contributed by atoms with Gasteiger partial charge >= 0.3 is 6.18 Å². The maximum absolute atomic E-state index is 15.5. The van der Waals surface area contributed by atoms with Gasteiger partial charge in [0, 0.05) is 44.3 Å². The number of rotatable bonds is 9. The van der Waals surface area contributed by atoms with Crippen molar-refractivity contribution in [1.82, 2.24) is 20.1 Å². The van der Waals surface area contributed by atoms with Crippen molar-refractivity contribution in [3.63, 3.8) is 0 Å². The molecular weight excluding hydrogens is 488 g/mol. The molecule has 1 fully saturated rings. The van der Waals surface area contributed by atoms with Gasteiger partial charge in [-0.05, 0) is 44.4 Å². The van der Waals surface area contributed by atoms with E-state index in [1.54, 1.807) is 6.92 Å². The van der Waals surface area contributed by atoms with Gasteiger partial charge < -0.3 is 14.1 Å². The highest BCUT2D eigenvalue weighted by Gasteiger charge is 2.36. The summed E-state index contributed by atoms with van der Waals surface area (Å²) in [5.41, 5.74) is -0.442. The van der Waals surface area contributed by atoms with Gasteiger partial charge in [-0.15, -0.1) is 10.2 Å². The third kappa shape index (κ3) is 7.70. The van der Waals surface area contributed by atoms with Crippen molar-refractivity contribution in [3.8, 4) is 5.19 Å². The number of aromatic nitrogens is 3. The van der Waals surface area contributed by atoms with E-state index < -0.39 is 18.5 Å². The van der Waals surface area contributed by atoms with Gasteiger partial charge in [-0.25, -0.2) is 9.37 Å². The molecule has 35 heavy (non-hydrogen) atoms. The zero-order valence-corrected chi connectivity index (χ0v) is 20.5. The number of thiazole rings is 1. The minimum Gasteiger partial charge on any atom is -0.460 e. The lowest BCUT2D eigenvalue weighted by Crippen LogP contribution is -2.36. The van der Waals surface area contributed by atoms with Crippen LogP contribution in [0.1, 0.15) is 60.9 Å². The maximum atomic E-state index is 15.5. The second-order valence-electron chi connectivity index (χ2n) is 9.57. The number of ether oxygens (including phenoxy) is 1. The number of hydrogen-bond acceptors (Lipinski definition) is 8. The number of carbonyl (C=O) groups is 1. The normalized spacial score (nSPS) is 23.6. The Morgan fingerprint density at radius 1 is 1.23 bits per heavy atom. The van der Waals surface area contributed by atoms with E-state index in [1.165, 1.54) is 11.3 Å². The first kappa shape index (κ1) is 26.0. The van der Waals surface area contributed by atoms with Crippen molar-refractivity contribution in [3.05, 3.63) is 22.4 Å². The Morgan fingerprint density at radius 3 is 2.66 bits per heavy atom. The van der Waals surface area contributed by atoms with Crippen LogP contribution in [0.25, 0.3) is 0 Å². The quantitative estimate of drug-likeness (QED) is 0.447. The van der Waals surface area contributed by atoms with Gasteiger partial charge in [-0.2, -0.15) is 13.2 Å². The molecule has 0 bridgehead atoms. The molecule has 0 saturated heterocycles. The second-order valence-corrected chi connectivity index (χ2v) is 10.6. The van der Waals surface area contributed by atoms with Crippen LogP contribution in [0.2, 0.25) is 0 Å². The van der Waals surface area contributed by atoms with Crippen LogP contribution in [0.3, 0.4) is 0 Å². The SMILES string of the molecule is Cc1nnc(CC(=O)CC2CCC(F)(CCN3CCc4nc(OCC(F)(F)F)sc4CC3)CC2)o1. The molecule has 194 valence electrons. The van der Waals surface area contributed by atoms with Crippen molar-refractivity contribution in [2.45, 2.75) is 76.6 Å². The Hall–Kier alpha value is -2.08. The third-order valence-corrected chi connectivity index (χ3v) is 7.82. The van der Waals surface area contributed by atoms with E-state index >= 15 is 4.39 Å². The summed E-state index contributed by atoms with van der Waals surface area (Å²) >= 11 is 1.17. The van der Waals surface area contributed by atoms with E-state index in [2.05, 4.69) is 20.1 Å². The molecule has 0 unspecified atom stereocenters. The first-order valence-corrected chi connectivity index (χ1v) is 12.8. The molecule has 0 atom stereocenters. The van der Waals surface area contributed by atoms with Crippen LogP contribution in [0.4, 0.5) is 17.6 Å². The van der Waals surface area contributed by atoms with Crippen LogP contribution in [0.15, 0.2) is 4.42 Å². The molecule has 2 aromatic rings. The predicted octanol–water partition coefficient (Wildman–Crippen LogP) is 4.67. The van der Waals surface area contributed by atoms with Crippen LogP contribution >= 0.6 is 11.3 Å². The maximum Gasteiger partial charge on any atom is 0.422 e. The van der Waals surface area contributed by atoms with E-state index in [0.29, 0.717) is 76.2 Å². The number of hydrogen-bond donors (Lipinski definition) is 0. The van der Waals surface area contributed by atoms with E-state index in [9.17, 15) is 18.0 Å². The summed E-state index contributed by atoms with van der Waals surface area (Å²) in [7, 11) is 0. The van der Waals surface area contributed by atoms with Gasteiger partial charge in [-0.1, -0.05) is 11.3 Å². The molecule has 1 saturated carbocycles. The molecule has 1 aliphatic carbocycles. The fourth-order valence-electron chi connectivity index (χ4n) is 4.79. The predicted molar refractivity (Wildman–Crippen MR) is 120 cm³/mol. The van der Waals surface area contributed by atoms with Crippen LogP contribution in [0, 0.1) is 12.8 Å². The molecule has 2 aliphatic rings. The molecule has 2 aromatic heterocycles. The smallest absolute Gasteiger partial charge is 0.422 e.